The van der Waals surface area contributed by atoms with Gasteiger partial charge in [0.2, 0.25) is 5.60 Å². The number of benzene rings is 1. The first-order valence-corrected chi connectivity index (χ1v) is 6.07. The predicted molar refractivity (Wildman–Crippen MR) is 63.6 cm³/mol. The van der Waals surface area contributed by atoms with Crippen molar-refractivity contribution in [1.29, 1.82) is 0 Å². The Morgan fingerprint density at radius 2 is 2.33 bits per heavy atom. The molecule has 0 aromatic heterocycles. The Kier molecular flexibility index (Phi) is 2.24. The third kappa shape index (κ3) is 1.32. The Morgan fingerprint density at radius 3 is 3.00 bits per heavy atom. The standard InChI is InChI=1S/C14H14O4/c1-3-8-4-5-11-9(6-8)12(15)10-7-14(10,18-11)13(16)17-2/h4-6,10H,3,7H2,1-2H3/t10-,14-/m0/s1. The van der Waals surface area contributed by atoms with E-state index in [4.69, 9.17) is 9.47 Å². The van der Waals surface area contributed by atoms with E-state index in [0.29, 0.717) is 17.7 Å². The highest BCUT2D eigenvalue weighted by Gasteiger charge is 2.70. The minimum atomic E-state index is -1.05. The first kappa shape index (κ1) is 11.3. The quantitative estimate of drug-likeness (QED) is 0.746. The van der Waals surface area contributed by atoms with E-state index in [9.17, 15) is 9.59 Å². The summed E-state index contributed by atoms with van der Waals surface area (Å²) in [5.41, 5.74) is 0.639. The van der Waals surface area contributed by atoms with E-state index in [2.05, 4.69) is 0 Å². The van der Waals surface area contributed by atoms with Crippen molar-refractivity contribution in [3.63, 3.8) is 0 Å². The lowest BCUT2D eigenvalue weighted by Gasteiger charge is -2.23. The summed E-state index contributed by atoms with van der Waals surface area (Å²) in [7, 11) is 1.32. The smallest absolute Gasteiger partial charge is 0.351 e. The third-order valence-electron chi connectivity index (χ3n) is 3.77. The van der Waals surface area contributed by atoms with Crippen LogP contribution in [0.4, 0.5) is 0 Å². The number of aryl methyl sites for hydroxylation is 1. The summed E-state index contributed by atoms with van der Waals surface area (Å²) in [6.45, 7) is 2.03. The normalized spacial score (nSPS) is 27.9. The van der Waals surface area contributed by atoms with Gasteiger partial charge in [0, 0.05) is 6.42 Å². The van der Waals surface area contributed by atoms with Gasteiger partial charge in [0.25, 0.3) is 0 Å². The fourth-order valence-corrected chi connectivity index (χ4v) is 2.56. The summed E-state index contributed by atoms with van der Waals surface area (Å²) < 4.78 is 10.4. The molecule has 3 rings (SSSR count). The van der Waals surface area contributed by atoms with E-state index in [1.54, 1.807) is 6.07 Å². The van der Waals surface area contributed by atoms with Gasteiger partial charge < -0.3 is 9.47 Å². The van der Waals surface area contributed by atoms with Crippen molar-refractivity contribution in [1.82, 2.24) is 0 Å². The molecule has 0 amide bonds. The van der Waals surface area contributed by atoms with Gasteiger partial charge in [0.05, 0.1) is 18.6 Å². The number of hydrogen-bond donors (Lipinski definition) is 0. The topological polar surface area (TPSA) is 52.6 Å². The molecule has 2 aliphatic rings. The van der Waals surface area contributed by atoms with Crippen molar-refractivity contribution >= 4 is 11.8 Å². The summed E-state index contributed by atoms with van der Waals surface area (Å²) in [4.78, 5) is 24.0. The molecule has 1 fully saturated rings. The molecule has 1 aromatic carbocycles. The lowest BCUT2D eigenvalue weighted by atomic mass is 9.98. The highest BCUT2D eigenvalue weighted by atomic mass is 16.6. The van der Waals surface area contributed by atoms with Gasteiger partial charge in [-0.15, -0.1) is 0 Å². The molecule has 1 heterocycles. The van der Waals surface area contributed by atoms with Gasteiger partial charge in [0.1, 0.15) is 5.75 Å². The molecule has 0 radical (unpaired) electrons. The summed E-state index contributed by atoms with van der Waals surface area (Å²) in [6.07, 6.45) is 1.29. The van der Waals surface area contributed by atoms with E-state index in [-0.39, 0.29) is 11.7 Å². The Morgan fingerprint density at radius 1 is 1.56 bits per heavy atom. The average molecular weight is 246 g/mol. The number of methoxy groups -OCH3 is 1. The largest absolute Gasteiger partial charge is 0.474 e. The van der Waals surface area contributed by atoms with Gasteiger partial charge in [0.15, 0.2) is 5.78 Å². The summed E-state index contributed by atoms with van der Waals surface area (Å²) in [5.74, 6) is -0.330. The molecule has 1 aliphatic carbocycles. The molecule has 1 saturated carbocycles. The van der Waals surface area contributed by atoms with Crippen LogP contribution in [0.1, 0.15) is 29.3 Å². The molecule has 1 aromatic rings. The zero-order valence-corrected chi connectivity index (χ0v) is 10.4. The number of fused-ring (bicyclic) bond motifs is 2. The number of esters is 1. The van der Waals surface area contributed by atoms with Crippen LogP contribution in [0.5, 0.6) is 5.75 Å². The summed E-state index contributed by atoms with van der Waals surface area (Å²) in [6, 6.07) is 5.54. The van der Waals surface area contributed by atoms with Crippen molar-refractivity contribution in [2.24, 2.45) is 5.92 Å². The molecule has 94 valence electrons. The minimum absolute atomic E-state index is 0.00282. The number of rotatable bonds is 2. The molecular weight excluding hydrogens is 232 g/mol. The van der Waals surface area contributed by atoms with Crippen LogP contribution in [0, 0.1) is 5.92 Å². The summed E-state index contributed by atoms with van der Waals surface area (Å²) in [5, 5.41) is 0. The SMILES string of the molecule is CCc1ccc2c(c1)C(=O)[C@@H]1C[C@]1(C(=O)OC)O2. The molecule has 18 heavy (non-hydrogen) atoms. The van der Waals surface area contributed by atoms with Gasteiger partial charge >= 0.3 is 5.97 Å². The molecule has 0 bridgehead atoms. The van der Waals surface area contributed by atoms with Crippen LogP contribution in [-0.4, -0.2) is 24.5 Å². The van der Waals surface area contributed by atoms with Gasteiger partial charge in [-0.25, -0.2) is 4.79 Å². The van der Waals surface area contributed by atoms with Crippen molar-refractivity contribution in [3.8, 4) is 5.75 Å². The monoisotopic (exact) mass is 246 g/mol. The summed E-state index contributed by atoms with van der Waals surface area (Å²) >= 11 is 0. The molecule has 4 heteroatoms. The molecule has 0 N–H and O–H groups in total. The fourth-order valence-electron chi connectivity index (χ4n) is 2.56. The lowest BCUT2D eigenvalue weighted by Crippen LogP contribution is -2.38. The number of ketones is 1. The molecule has 0 saturated heterocycles. The van der Waals surface area contributed by atoms with Crippen molar-refractivity contribution < 1.29 is 19.1 Å². The van der Waals surface area contributed by atoms with Crippen molar-refractivity contribution in [2.75, 3.05) is 7.11 Å². The second kappa shape index (κ2) is 3.57. The highest BCUT2D eigenvalue weighted by Crippen LogP contribution is 2.54. The van der Waals surface area contributed by atoms with E-state index in [0.717, 1.165) is 12.0 Å². The van der Waals surface area contributed by atoms with Crippen LogP contribution in [0.2, 0.25) is 0 Å². The Hall–Kier alpha value is -1.84. The van der Waals surface area contributed by atoms with E-state index in [1.807, 2.05) is 19.1 Å². The van der Waals surface area contributed by atoms with Crippen LogP contribution in [0.25, 0.3) is 0 Å². The number of carbonyl (C=O) groups is 2. The molecular formula is C14H14O4. The maximum atomic E-state index is 12.3. The fraction of sp³-hybridized carbons (Fsp3) is 0.429. The Bertz CT molecular complexity index is 549. The molecule has 0 spiro atoms. The van der Waals surface area contributed by atoms with Gasteiger partial charge in [-0.3, -0.25) is 4.79 Å². The number of Topliss-reactive ketones (excluding diaryl/α,β-unsaturated/α-hetero) is 1. The molecule has 0 unspecified atom stereocenters. The van der Waals surface area contributed by atoms with Crippen molar-refractivity contribution in [3.05, 3.63) is 29.3 Å². The third-order valence-corrected chi connectivity index (χ3v) is 3.77. The lowest BCUT2D eigenvalue weighted by molar-refractivity contribution is -0.151. The predicted octanol–water partition coefficient (Wildman–Crippen LogP) is 1.76. The first-order chi connectivity index (χ1) is 8.62. The highest BCUT2D eigenvalue weighted by molar-refractivity contribution is 6.09. The Labute approximate surface area is 105 Å². The van der Waals surface area contributed by atoms with E-state index >= 15 is 0 Å². The second-order valence-corrected chi connectivity index (χ2v) is 4.79. The Balaban J connectivity index is 2.02. The van der Waals surface area contributed by atoms with Crippen LogP contribution in [-0.2, 0) is 16.0 Å². The number of ether oxygens (including phenoxy) is 2. The molecule has 2 atom stereocenters. The minimum Gasteiger partial charge on any atom is -0.474 e. The van der Waals surface area contributed by atoms with Crippen LogP contribution >= 0.6 is 0 Å². The number of hydrogen-bond acceptors (Lipinski definition) is 4. The van der Waals surface area contributed by atoms with Crippen LogP contribution in [0.3, 0.4) is 0 Å². The maximum Gasteiger partial charge on any atom is 0.351 e. The maximum absolute atomic E-state index is 12.3. The van der Waals surface area contributed by atoms with Crippen LogP contribution < -0.4 is 4.74 Å². The molecule has 4 nitrogen and oxygen atoms in total. The zero-order chi connectivity index (χ0) is 12.9. The van der Waals surface area contributed by atoms with E-state index in [1.165, 1.54) is 7.11 Å². The van der Waals surface area contributed by atoms with Gasteiger partial charge in [-0.2, -0.15) is 0 Å². The van der Waals surface area contributed by atoms with Gasteiger partial charge in [-0.1, -0.05) is 13.0 Å². The first-order valence-electron chi connectivity index (χ1n) is 6.07. The van der Waals surface area contributed by atoms with Crippen molar-refractivity contribution in [2.45, 2.75) is 25.4 Å². The molecule has 1 aliphatic heterocycles. The van der Waals surface area contributed by atoms with Gasteiger partial charge in [-0.05, 0) is 24.1 Å². The van der Waals surface area contributed by atoms with E-state index < -0.39 is 11.6 Å². The number of carbonyl (C=O) groups excluding carboxylic acids is 2. The zero-order valence-electron chi connectivity index (χ0n) is 10.4. The second-order valence-electron chi connectivity index (χ2n) is 4.79. The van der Waals surface area contributed by atoms with Crippen LogP contribution in [0.15, 0.2) is 18.2 Å². The average Bonchev–Trinajstić information content (AvgIpc) is 3.14.